The largest absolute Gasteiger partial charge is 0.405 e. The molecular formula is C14H18ClF3N4O2S2. The maximum atomic E-state index is 13.3. The molecule has 0 aromatic carbocycles. The van der Waals surface area contributed by atoms with Gasteiger partial charge in [-0.25, -0.2) is 13.1 Å². The smallest absolute Gasteiger partial charge is 0.314 e. The van der Waals surface area contributed by atoms with Crippen molar-refractivity contribution in [3.8, 4) is 0 Å². The molecule has 1 aliphatic rings. The second-order valence-corrected chi connectivity index (χ2v) is 8.38. The van der Waals surface area contributed by atoms with Crippen molar-refractivity contribution in [1.82, 2.24) is 19.9 Å². The summed E-state index contributed by atoms with van der Waals surface area (Å²) in [6, 6.07) is 1.30. The van der Waals surface area contributed by atoms with Crippen LogP contribution >= 0.6 is 23.7 Å². The van der Waals surface area contributed by atoms with Crippen molar-refractivity contribution in [2.45, 2.75) is 17.1 Å². The molecule has 6 nitrogen and oxygen atoms in total. The number of nitrogens with zero attached hydrogens (tertiary/aromatic N) is 2. The van der Waals surface area contributed by atoms with Gasteiger partial charge in [0.15, 0.2) is 0 Å². The predicted molar refractivity (Wildman–Crippen MR) is 96.3 cm³/mol. The average molecular weight is 431 g/mol. The highest BCUT2D eigenvalue weighted by Gasteiger charge is 2.44. The van der Waals surface area contributed by atoms with Crippen LogP contribution in [0.25, 0.3) is 10.2 Å². The number of halogens is 4. The fourth-order valence-corrected chi connectivity index (χ4v) is 4.56. The number of nitrogens with one attached hydrogen (secondary N) is 2. The number of alkyl halides is 3. The van der Waals surface area contributed by atoms with E-state index in [0.29, 0.717) is 23.3 Å². The van der Waals surface area contributed by atoms with E-state index in [1.165, 1.54) is 22.3 Å². The fourth-order valence-electron chi connectivity index (χ4n) is 2.69. The van der Waals surface area contributed by atoms with Crippen LogP contribution in [0.1, 0.15) is 0 Å². The molecular weight excluding hydrogens is 413 g/mol. The van der Waals surface area contributed by atoms with Gasteiger partial charge in [-0.05, 0) is 17.5 Å². The van der Waals surface area contributed by atoms with E-state index in [9.17, 15) is 21.6 Å². The van der Waals surface area contributed by atoms with E-state index in [1.54, 1.807) is 11.4 Å². The van der Waals surface area contributed by atoms with Gasteiger partial charge in [-0.3, -0.25) is 9.88 Å². The molecule has 1 fully saturated rings. The summed E-state index contributed by atoms with van der Waals surface area (Å²) in [7, 11) is -4.07. The van der Waals surface area contributed by atoms with Gasteiger partial charge in [-0.1, -0.05) is 0 Å². The van der Waals surface area contributed by atoms with Crippen LogP contribution in [0.2, 0.25) is 0 Å². The summed E-state index contributed by atoms with van der Waals surface area (Å²) in [6.45, 7) is 0.591. The molecule has 26 heavy (non-hydrogen) atoms. The quantitative estimate of drug-likeness (QED) is 0.757. The Balaban J connectivity index is 0.00000243. The Kier molecular flexibility index (Phi) is 6.86. The Bertz CT molecular complexity index is 838. The number of hydrogen-bond donors (Lipinski definition) is 2. The van der Waals surface area contributed by atoms with Crippen LogP contribution < -0.4 is 10.0 Å². The SMILES string of the molecule is Cl.O=S(=O)(NCC(N1CCNCC1)C(F)(F)F)c1cnc2ccsc2c1. The topological polar surface area (TPSA) is 74.3 Å². The van der Waals surface area contributed by atoms with Gasteiger partial charge >= 0.3 is 6.18 Å². The first-order valence-electron chi connectivity index (χ1n) is 7.62. The zero-order valence-corrected chi connectivity index (χ0v) is 15.9. The highest BCUT2D eigenvalue weighted by Crippen LogP contribution is 2.26. The Labute approximate surface area is 159 Å². The fraction of sp³-hybridized carbons (Fsp3) is 0.500. The van der Waals surface area contributed by atoms with Gasteiger partial charge in [0.1, 0.15) is 10.9 Å². The third kappa shape index (κ3) is 4.84. The first-order valence-corrected chi connectivity index (χ1v) is 9.98. The molecule has 0 radical (unpaired) electrons. The number of piperazine rings is 1. The second-order valence-electron chi connectivity index (χ2n) is 5.67. The Morgan fingerprint density at radius 1 is 1.35 bits per heavy atom. The van der Waals surface area contributed by atoms with E-state index in [4.69, 9.17) is 0 Å². The normalized spacial score (nSPS) is 17.8. The van der Waals surface area contributed by atoms with Crippen LogP contribution in [0.15, 0.2) is 28.6 Å². The lowest BCUT2D eigenvalue weighted by molar-refractivity contribution is -0.182. The van der Waals surface area contributed by atoms with Crippen molar-refractivity contribution in [3.05, 3.63) is 23.7 Å². The molecule has 2 aromatic rings. The van der Waals surface area contributed by atoms with Crippen LogP contribution in [-0.4, -0.2) is 63.2 Å². The lowest BCUT2D eigenvalue weighted by Gasteiger charge is -2.35. The van der Waals surface area contributed by atoms with Gasteiger partial charge in [0, 0.05) is 38.9 Å². The van der Waals surface area contributed by atoms with E-state index < -0.39 is 28.8 Å². The van der Waals surface area contributed by atoms with Crippen molar-refractivity contribution in [1.29, 1.82) is 0 Å². The van der Waals surface area contributed by atoms with E-state index in [-0.39, 0.29) is 30.4 Å². The maximum absolute atomic E-state index is 13.3. The third-order valence-electron chi connectivity index (χ3n) is 4.02. The van der Waals surface area contributed by atoms with Crippen molar-refractivity contribution in [2.75, 3.05) is 32.7 Å². The minimum absolute atomic E-state index is 0. The minimum Gasteiger partial charge on any atom is -0.314 e. The summed E-state index contributed by atoms with van der Waals surface area (Å²) in [4.78, 5) is 5.14. The number of sulfonamides is 1. The number of thiophene rings is 1. The Hall–Kier alpha value is -0.980. The molecule has 1 saturated heterocycles. The Morgan fingerprint density at radius 3 is 2.69 bits per heavy atom. The number of aromatic nitrogens is 1. The number of hydrogen-bond acceptors (Lipinski definition) is 6. The molecule has 2 N–H and O–H groups in total. The van der Waals surface area contributed by atoms with Crippen LogP contribution in [0, 0.1) is 0 Å². The zero-order chi connectivity index (χ0) is 18.1. The summed E-state index contributed by atoms with van der Waals surface area (Å²) in [5, 5.41) is 4.75. The highest BCUT2D eigenvalue weighted by atomic mass is 35.5. The maximum Gasteiger partial charge on any atom is 0.405 e. The highest BCUT2D eigenvalue weighted by molar-refractivity contribution is 7.89. The molecule has 0 amide bonds. The van der Waals surface area contributed by atoms with Gasteiger partial charge in [-0.15, -0.1) is 23.7 Å². The second kappa shape index (κ2) is 8.36. The van der Waals surface area contributed by atoms with Crippen molar-refractivity contribution in [2.24, 2.45) is 0 Å². The molecule has 1 aliphatic heterocycles. The van der Waals surface area contributed by atoms with Crippen LogP contribution in [0.5, 0.6) is 0 Å². The molecule has 2 aromatic heterocycles. The number of rotatable bonds is 5. The molecule has 12 heteroatoms. The molecule has 0 aliphatic carbocycles. The first kappa shape index (κ1) is 21.3. The predicted octanol–water partition coefficient (Wildman–Crippen LogP) is 1.83. The van der Waals surface area contributed by atoms with Gasteiger partial charge in [0.2, 0.25) is 10.0 Å². The summed E-state index contributed by atoms with van der Waals surface area (Å²) < 4.78 is 67.5. The van der Waals surface area contributed by atoms with E-state index in [0.717, 1.165) is 6.20 Å². The molecule has 0 spiro atoms. The van der Waals surface area contributed by atoms with Gasteiger partial charge in [0.05, 0.1) is 10.2 Å². The van der Waals surface area contributed by atoms with E-state index in [1.807, 2.05) is 0 Å². The third-order valence-corrected chi connectivity index (χ3v) is 6.27. The van der Waals surface area contributed by atoms with E-state index >= 15 is 0 Å². The first-order chi connectivity index (χ1) is 11.8. The molecule has 0 saturated carbocycles. The van der Waals surface area contributed by atoms with Gasteiger partial charge < -0.3 is 5.32 Å². The molecule has 1 unspecified atom stereocenters. The molecule has 0 bridgehead atoms. The zero-order valence-electron chi connectivity index (χ0n) is 13.5. The van der Waals surface area contributed by atoms with Crippen LogP contribution in [0.4, 0.5) is 13.2 Å². The van der Waals surface area contributed by atoms with Gasteiger partial charge in [0.25, 0.3) is 0 Å². The van der Waals surface area contributed by atoms with Crippen LogP contribution in [-0.2, 0) is 10.0 Å². The average Bonchev–Trinajstić information content (AvgIpc) is 3.02. The standard InChI is InChI=1S/C14H17F3N4O2S2.ClH/c15-14(16,17)13(21-4-2-18-3-5-21)9-20-25(22,23)10-7-12-11(19-8-10)1-6-24-12;/h1,6-8,13,18,20H,2-5,9H2;1H. The minimum atomic E-state index is -4.52. The summed E-state index contributed by atoms with van der Waals surface area (Å²) >= 11 is 1.32. The lowest BCUT2D eigenvalue weighted by Crippen LogP contribution is -2.57. The summed E-state index contributed by atoms with van der Waals surface area (Å²) in [6.07, 6.45) is -3.36. The van der Waals surface area contributed by atoms with Crippen molar-refractivity contribution in [3.63, 3.8) is 0 Å². The van der Waals surface area contributed by atoms with Crippen molar-refractivity contribution < 1.29 is 21.6 Å². The number of pyridine rings is 1. The summed E-state index contributed by atoms with van der Waals surface area (Å²) in [5.41, 5.74) is 0.651. The van der Waals surface area contributed by atoms with Gasteiger partial charge in [-0.2, -0.15) is 13.2 Å². The monoisotopic (exact) mass is 430 g/mol. The molecule has 1 atom stereocenters. The molecule has 146 valence electrons. The van der Waals surface area contributed by atoms with E-state index in [2.05, 4.69) is 15.0 Å². The summed E-state index contributed by atoms with van der Waals surface area (Å²) in [5.74, 6) is 0. The molecule has 3 rings (SSSR count). The molecule has 3 heterocycles. The van der Waals surface area contributed by atoms with Crippen molar-refractivity contribution >= 4 is 44.0 Å². The Morgan fingerprint density at radius 2 is 2.04 bits per heavy atom. The van der Waals surface area contributed by atoms with Crippen LogP contribution in [0.3, 0.4) is 0 Å². The lowest BCUT2D eigenvalue weighted by atomic mass is 10.2. The number of fused-ring (bicyclic) bond motifs is 1.